The SMILES string of the molecule is COCC(O)CCNc1nc(F)c(F)cc1F. The van der Waals surface area contributed by atoms with Crippen LogP contribution in [0.4, 0.5) is 19.0 Å². The largest absolute Gasteiger partial charge is 0.391 e. The minimum atomic E-state index is -1.37. The minimum Gasteiger partial charge on any atom is -0.391 e. The fourth-order valence-electron chi connectivity index (χ4n) is 1.20. The molecule has 17 heavy (non-hydrogen) atoms. The maximum absolute atomic E-state index is 13.1. The van der Waals surface area contributed by atoms with Crippen LogP contribution in [0.1, 0.15) is 6.42 Å². The van der Waals surface area contributed by atoms with Crippen molar-refractivity contribution < 1.29 is 23.0 Å². The van der Waals surface area contributed by atoms with Crippen LogP contribution < -0.4 is 5.32 Å². The van der Waals surface area contributed by atoms with Gasteiger partial charge in [0.25, 0.3) is 5.95 Å². The summed E-state index contributed by atoms with van der Waals surface area (Å²) in [5.41, 5.74) is 0. The van der Waals surface area contributed by atoms with Crippen molar-refractivity contribution in [2.45, 2.75) is 12.5 Å². The second kappa shape index (κ2) is 6.41. The van der Waals surface area contributed by atoms with Crippen LogP contribution in [0, 0.1) is 17.6 Å². The van der Waals surface area contributed by atoms with Crippen molar-refractivity contribution in [1.82, 2.24) is 4.98 Å². The standard InChI is InChI=1S/C10H13F3N2O2/c1-17-5-6(16)2-3-14-10-8(12)4-7(11)9(13)15-10/h4,6,16H,2-3,5H2,1H3,(H,14,15). The van der Waals surface area contributed by atoms with E-state index in [-0.39, 0.29) is 25.4 Å². The molecular formula is C10H13F3N2O2. The Morgan fingerprint density at radius 3 is 2.76 bits per heavy atom. The van der Waals surface area contributed by atoms with E-state index in [1.807, 2.05) is 0 Å². The van der Waals surface area contributed by atoms with Gasteiger partial charge in [0.15, 0.2) is 17.5 Å². The molecule has 0 amide bonds. The number of halogens is 3. The van der Waals surface area contributed by atoms with Crippen LogP contribution >= 0.6 is 0 Å². The zero-order valence-electron chi connectivity index (χ0n) is 9.21. The highest BCUT2D eigenvalue weighted by Gasteiger charge is 2.11. The number of anilines is 1. The van der Waals surface area contributed by atoms with E-state index in [2.05, 4.69) is 15.0 Å². The molecule has 4 nitrogen and oxygen atoms in total. The Kier molecular flexibility index (Phi) is 5.17. The maximum atomic E-state index is 13.1. The lowest BCUT2D eigenvalue weighted by molar-refractivity contribution is 0.0615. The van der Waals surface area contributed by atoms with Gasteiger partial charge in [-0.25, -0.2) is 8.78 Å². The van der Waals surface area contributed by atoms with Crippen molar-refractivity contribution in [2.24, 2.45) is 0 Å². The second-order valence-electron chi connectivity index (χ2n) is 3.42. The van der Waals surface area contributed by atoms with Crippen LogP contribution in [0.15, 0.2) is 6.07 Å². The Bertz CT molecular complexity index is 377. The first kappa shape index (κ1) is 13.7. The van der Waals surface area contributed by atoms with Gasteiger partial charge in [-0.1, -0.05) is 0 Å². The molecule has 2 N–H and O–H groups in total. The number of aliphatic hydroxyl groups excluding tert-OH is 1. The average Bonchev–Trinajstić information content (AvgIpc) is 2.26. The molecule has 0 fully saturated rings. The van der Waals surface area contributed by atoms with E-state index in [1.54, 1.807) is 0 Å². The molecule has 1 rings (SSSR count). The first-order valence-electron chi connectivity index (χ1n) is 4.97. The third-order valence-electron chi connectivity index (χ3n) is 2.02. The van der Waals surface area contributed by atoms with Gasteiger partial charge < -0.3 is 15.2 Å². The van der Waals surface area contributed by atoms with Gasteiger partial charge in [-0.3, -0.25) is 0 Å². The quantitative estimate of drug-likeness (QED) is 0.747. The molecule has 96 valence electrons. The van der Waals surface area contributed by atoms with Crippen LogP contribution in [0.25, 0.3) is 0 Å². The number of pyridine rings is 1. The Labute approximate surface area is 96.4 Å². The van der Waals surface area contributed by atoms with Crippen LogP contribution in [0.3, 0.4) is 0 Å². The summed E-state index contributed by atoms with van der Waals surface area (Å²) >= 11 is 0. The van der Waals surface area contributed by atoms with Crippen molar-refractivity contribution in [3.05, 3.63) is 23.6 Å². The lowest BCUT2D eigenvalue weighted by Crippen LogP contribution is -2.19. The van der Waals surface area contributed by atoms with Crippen molar-refractivity contribution >= 4 is 5.82 Å². The number of hydrogen-bond donors (Lipinski definition) is 2. The summed E-state index contributed by atoms with van der Waals surface area (Å²) in [5.74, 6) is -4.07. The van der Waals surface area contributed by atoms with Gasteiger partial charge >= 0.3 is 0 Å². The summed E-state index contributed by atoms with van der Waals surface area (Å²) in [5, 5.41) is 11.7. The van der Waals surface area contributed by atoms with E-state index in [0.717, 1.165) is 0 Å². The molecular weight excluding hydrogens is 237 g/mol. The Balaban J connectivity index is 2.49. The van der Waals surface area contributed by atoms with Gasteiger partial charge in [0.05, 0.1) is 12.7 Å². The second-order valence-corrected chi connectivity index (χ2v) is 3.42. The monoisotopic (exact) mass is 250 g/mol. The molecule has 1 aromatic heterocycles. The van der Waals surface area contributed by atoms with Crippen molar-refractivity contribution in [3.63, 3.8) is 0 Å². The third-order valence-corrected chi connectivity index (χ3v) is 2.02. The number of rotatable bonds is 6. The van der Waals surface area contributed by atoms with Crippen LogP contribution in [-0.2, 0) is 4.74 Å². The number of nitrogens with zero attached hydrogens (tertiary/aromatic N) is 1. The number of hydrogen-bond acceptors (Lipinski definition) is 4. The van der Waals surface area contributed by atoms with E-state index in [9.17, 15) is 18.3 Å². The van der Waals surface area contributed by atoms with Gasteiger partial charge in [0.1, 0.15) is 0 Å². The lowest BCUT2D eigenvalue weighted by Gasteiger charge is -2.10. The van der Waals surface area contributed by atoms with E-state index in [1.165, 1.54) is 7.11 Å². The summed E-state index contributed by atoms with van der Waals surface area (Å²) in [6, 6.07) is 0.413. The first-order valence-corrected chi connectivity index (χ1v) is 4.97. The van der Waals surface area contributed by atoms with Gasteiger partial charge in [0.2, 0.25) is 0 Å². The van der Waals surface area contributed by atoms with Gasteiger partial charge in [-0.15, -0.1) is 0 Å². The summed E-state index contributed by atoms with van der Waals surface area (Å²) in [7, 11) is 1.44. The number of nitrogens with one attached hydrogen (secondary N) is 1. The van der Waals surface area contributed by atoms with E-state index >= 15 is 0 Å². The molecule has 0 saturated carbocycles. The van der Waals surface area contributed by atoms with Crippen molar-refractivity contribution in [2.75, 3.05) is 25.6 Å². The molecule has 1 aromatic rings. The lowest BCUT2D eigenvalue weighted by atomic mass is 10.2. The summed E-state index contributed by atoms with van der Waals surface area (Å²) in [6.45, 7) is 0.314. The number of aromatic nitrogens is 1. The predicted molar refractivity (Wildman–Crippen MR) is 55.1 cm³/mol. The van der Waals surface area contributed by atoms with Gasteiger partial charge in [-0.2, -0.15) is 9.37 Å². The first-order chi connectivity index (χ1) is 8.04. The molecule has 0 aliphatic rings. The molecule has 0 saturated heterocycles. The smallest absolute Gasteiger partial charge is 0.251 e. The minimum absolute atomic E-state index is 0.148. The molecule has 1 heterocycles. The summed E-state index contributed by atoms with van der Waals surface area (Å²) in [4.78, 5) is 3.07. The van der Waals surface area contributed by atoms with Crippen LogP contribution in [0.2, 0.25) is 0 Å². The van der Waals surface area contributed by atoms with E-state index in [4.69, 9.17) is 0 Å². The molecule has 0 spiro atoms. The molecule has 0 aliphatic heterocycles. The van der Waals surface area contributed by atoms with E-state index < -0.39 is 23.7 Å². The number of aliphatic hydroxyl groups is 1. The molecule has 0 bridgehead atoms. The van der Waals surface area contributed by atoms with Crippen LogP contribution in [0.5, 0.6) is 0 Å². The molecule has 0 aliphatic carbocycles. The zero-order chi connectivity index (χ0) is 12.8. The highest BCUT2D eigenvalue weighted by Crippen LogP contribution is 2.14. The van der Waals surface area contributed by atoms with Crippen molar-refractivity contribution in [3.8, 4) is 0 Å². The summed E-state index contributed by atoms with van der Waals surface area (Å²) in [6.07, 6.45) is -0.436. The highest BCUT2D eigenvalue weighted by molar-refractivity contribution is 5.35. The Morgan fingerprint density at radius 1 is 1.41 bits per heavy atom. The topological polar surface area (TPSA) is 54.4 Å². The molecule has 7 heteroatoms. The normalized spacial score (nSPS) is 12.5. The van der Waals surface area contributed by atoms with Gasteiger partial charge in [-0.05, 0) is 6.42 Å². The predicted octanol–water partition coefficient (Wildman–Crippen LogP) is 1.31. The third kappa shape index (κ3) is 4.20. The zero-order valence-corrected chi connectivity index (χ0v) is 9.21. The molecule has 1 unspecified atom stereocenters. The Hall–Kier alpha value is -1.34. The van der Waals surface area contributed by atoms with Crippen molar-refractivity contribution in [1.29, 1.82) is 0 Å². The van der Waals surface area contributed by atoms with Crippen LogP contribution in [-0.4, -0.2) is 36.5 Å². The Morgan fingerprint density at radius 2 is 2.12 bits per heavy atom. The van der Waals surface area contributed by atoms with E-state index in [0.29, 0.717) is 6.07 Å². The number of methoxy groups -OCH3 is 1. The molecule has 0 radical (unpaired) electrons. The fourth-order valence-corrected chi connectivity index (χ4v) is 1.20. The molecule has 0 aromatic carbocycles. The van der Waals surface area contributed by atoms with Gasteiger partial charge in [0, 0.05) is 19.7 Å². The maximum Gasteiger partial charge on any atom is 0.251 e. The highest BCUT2D eigenvalue weighted by atomic mass is 19.2. The summed E-state index contributed by atoms with van der Waals surface area (Å²) < 4.78 is 43.0. The fraction of sp³-hybridized carbons (Fsp3) is 0.500. The number of ether oxygens (including phenoxy) is 1. The average molecular weight is 250 g/mol. The molecule has 1 atom stereocenters.